The smallest absolute Gasteiger partial charge is 0.124 e. The highest BCUT2D eigenvalue weighted by Crippen LogP contribution is 2.21. The van der Waals surface area contributed by atoms with Crippen LogP contribution in [0.3, 0.4) is 0 Å². The van der Waals surface area contributed by atoms with Crippen LogP contribution >= 0.6 is 0 Å². The van der Waals surface area contributed by atoms with Gasteiger partial charge in [-0.1, -0.05) is 48.5 Å². The Bertz CT molecular complexity index is 726. The molecule has 0 atom stereocenters. The van der Waals surface area contributed by atoms with Crippen molar-refractivity contribution in [3.05, 3.63) is 71.9 Å². The molecule has 3 nitrogen and oxygen atoms in total. The van der Waals surface area contributed by atoms with E-state index >= 15 is 0 Å². The van der Waals surface area contributed by atoms with Gasteiger partial charge < -0.3 is 10.3 Å². The maximum absolute atomic E-state index is 7.67. The zero-order valence-electron chi connectivity index (χ0n) is 10.5. The fourth-order valence-corrected chi connectivity index (χ4v) is 2.37. The minimum Gasteiger partial charge on any atom is -0.384 e. The lowest BCUT2D eigenvalue weighted by atomic mass is 10.1. The summed E-state index contributed by atoms with van der Waals surface area (Å²) < 4.78 is 2.14. The summed E-state index contributed by atoms with van der Waals surface area (Å²) in [5, 5.41) is 8.71. The second-order valence-electron chi connectivity index (χ2n) is 4.59. The van der Waals surface area contributed by atoms with E-state index < -0.39 is 0 Å². The molecule has 0 aliphatic heterocycles. The average Bonchev–Trinajstić information content (AvgIpc) is 2.79. The number of amidine groups is 1. The summed E-state index contributed by atoms with van der Waals surface area (Å²) in [5.41, 5.74) is 8.80. The molecule has 0 bridgehead atoms. The third-order valence-corrected chi connectivity index (χ3v) is 3.27. The molecule has 3 aromatic rings. The number of para-hydroxylation sites is 1. The minimum atomic E-state index is 0.114. The number of nitrogens with one attached hydrogen (secondary N) is 1. The first-order chi connectivity index (χ1) is 9.25. The van der Waals surface area contributed by atoms with E-state index in [1.807, 2.05) is 42.6 Å². The summed E-state index contributed by atoms with van der Waals surface area (Å²) in [6.07, 6.45) is 1.96. The number of nitrogens with zero attached hydrogens (tertiary/aromatic N) is 1. The first-order valence-electron chi connectivity index (χ1n) is 6.22. The van der Waals surface area contributed by atoms with Crippen molar-refractivity contribution in [2.45, 2.75) is 6.54 Å². The molecule has 3 heteroatoms. The van der Waals surface area contributed by atoms with Crippen molar-refractivity contribution in [3.8, 4) is 0 Å². The zero-order chi connectivity index (χ0) is 13.2. The van der Waals surface area contributed by atoms with Crippen LogP contribution in [0.25, 0.3) is 10.9 Å². The van der Waals surface area contributed by atoms with E-state index in [-0.39, 0.29) is 5.84 Å². The Morgan fingerprint density at radius 1 is 1.00 bits per heavy atom. The first kappa shape index (κ1) is 11.5. The molecular formula is C16H15N3. The first-order valence-corrected chi connectivity index (χ1v) is 6.22. The second kappa shape index (κ2) is 4.61. The number of rotatable bonds is 3. The highest BCUT2D eigenvalue weighted by molar-refractivity contribution is 6.07. The van der Waals surface area contributed by atoms with Gasteiger partial charge in [-0.25, -0.2) is 0 Å². The summed E-state index contributed by atoms with van der Waals surface area (Å²) in [7, 11) is 0. The molecule has 2 aromatic carbocycles. The molecule has 3 rings (SSSR count). The maximum Gasteiger partial charge on any atom is 0.124 e. The van der Waals surface area contributed by atoms with Crippen LogP contribution in [0.4, 0.5) is 0 Å². The molecule has 0 unspecified atom stereocenters. The summed E-state index contributed by atoms with van der Waals surface area (Å²) in [6.45, 7) is 0.786. The maximum atomic E-state index is 7.67. The summed E-state index contributed by atoms with van der Waals surface area (Å²) in [4.78, 5) is 0. The third-order valence-electron chi connectivity index (χ3n) is 3.27. The third kappa shape index (κ3) is 2.10. The Balaban J connectivity index is 2.11. The van der Waals surface area contributed by atoms with Crippen LogP contribution < -0.4 is 5.73 Å². The van der Waals surface area contributed by atoms with E-state index in [1.165, 1.54) is 5.56 Å². The van der Waals surface area contributed by atoms with Crippen molar-refractivity contribution in [2.24, 2.45) is 5.73 Å². The number of hydrogen-bond donors (Lipinski definition) is 2. The Hall–Kier alpha value is -2.55. The monoisotopic (exact) mass is 249 g/mol. The molecule has 0 aliphatic rings. The largest absolute Gasteiger partial charge is 0.384 e. The Morgan fingerprint density at radius 2 is 1.68 bits per heavy atom. The van der Waals surface area contributed by atoms with Gasteiger partial charge in [0.05, 0.1) is 0 Å². The van der Waals surface area contributed by atoms with Crippen molar-refractivity contribution in [1.29, 1.82) is 5.41 Å². The fourth-order valence-electron chi connectivity index (χ4n) is 2.37. The van der Waals surface area contributed by atoms with Crippen LogP contribution in [0.5, 0.6) is 0 Å². The molecule has 1 aromatic heterocycles. The average molecular weight is 249 g/mol. The molecule has 0 spiro atoms. The Kier molecular flexibility index (Phi) is 2.80. The van der Waals surface area contributed by atoms with Gasteiger partial charge in [-0.15, -0.1) is 0 Å². The van der Waals surface area contributed by atoms with Crippen LogP contribution in [0, 0.1) is 5.41 Å². The van der Waals surface area contributed by atoms with Crippen LogP contribution in [0.15, 0.2) is 60.8 Å². The quantitative estimate of drug-likeness (QED) is 0.544. The molecule has 0 saturated carbocycles. The SMILES string of the molecule is N=C(N)c1cn(Cc2ccccc2)c2ccccc12. The zero-order valence-corrected chi connectivity index (χ0v) is 10.5. The molecule has 0 fully saturated rings. The lowest BCUT2D eigenvalue weighted by Gasteiger charge is -2.05. The van der Waals surface area contributed by atoms with E-state index in [0.29, 0.717) is 0 Å². The van der Waals surface area contributed by atoms with Gasteiger partial charge in [-0.2, -0.15) is 0 Å². The summed E-state index contributed by atoms with van der Waals surface area (Å²) >= 11 is 0. The number of nitrogens with two attached hydrogens (primary N) is 1. The molecule has 94 valence electrons. The minimum absolute atomic E-state index is 0.114. The van der Waals surface area contributed by atoms with Crippen molar-refractivity contribution >= 4 is 16.7 Å². The van der Waals surface area contributed by atoms with E-state index in [0.717, 1.165) is 23.0 Å². The van der Waals surface area contributed by atoms with E-state index in [1.54, 1.807) is 0 Å². The fraction of sp³-hybridized carbons (Fsp3) is 0.0625. The predicted molar refractivity (Wildman–Crippen MR) is 78.5 cm³/mol. The van der Waals surface area contributed by atoms with Crippen LogP contribution in [0.1, 0.15) is 11.1 Å². The van der Waals surface area contributed by atoms with Gasteiger partial charge in [0, 0.05) is 29.2 Å². The predicted octanol–water partition coefficient (Wildman–Crippen LogP) is 2.97. The second-order valence-corrected chi connectivity index (χ2v) is 4.59. The van der Waals surface area contributed by atoms with Gasteiger partial charge in [-0.05, 0) is 11.6 Å². The molecule has 0 amide bonds. The highest BCUT2D eigenvalue weighted by Gasteiger charge is 2.09. The van der Waals surface area contributed by atoms with Gasteiger partial charge in [0.2, 0.25) is 0 Å². The van der Waals surface area contributed by atoms with E-state index in [2.05, 4.69) is 22.8 Å². The van der Waals surface area contributed by atoms with Gasteiger partial charge in [0.1, 0.15) is 5.84 Å². The van der Waals surface area contributed by atoms with Crippen molar-refractivity contribution < 1.29 is 0 Å². The van der Waals surface area contributed by atoms with E-state index in [4.69, 9.17) is 11.1 Å². The molecule has 0 radical (unpaired) electrons. The van der Waals surface area contributed by atoms with Gasteiger partial charge in [0.15, 0.2) is 0 Å². The highest BCUT2D eigenvalue weighted by atomic mass is 15.0. The van der Waals surface area contributed by atoms with Crippen LogP contribution in [-0.2, 0) is 6.54 Å². The van der Waals surface area contributed by atoms with Crippen molar-refractivity contribution in [1.82, 2.24) is 4.57 Å². The topological polar surface area (TPSA) is 54.8 Å². The number of benzene rings is 2. The number of aromatic nitrogens is 1. The van der Waals surface area contributed by atoms with Crippen LogP contribution in [-0.4, -0.2) is 10.4 Å². The summed E-state index contributed by atoms with van der Waals surface area (Å²) in [5.74, 6) is 0.114. The number of fused-ring (bicyclic) bond motifs is 1. The van der Waals surface area contributed by atoms with Gasteiger partial charge in [0.25, 0.3) is 0 Å². The van der Waals surface area contributed by atoms with Crippen molar-refractivity contribution in [2.75, 3.05) is 0 Å². The molecular weight excluding hydrogens is 234 g/mol. The molecule has 0 saturated heterocycles. The molecule has 0 aliphatic carbocycles. The lowest BCUT2D eigenvalue weighted by molar-refractivity contribution is 0.836. The lowest BCUT2D eigenvalue weighted by Crippen LogP contribution is -2.10. The van der Waals surface area contributed by atoms with Crippen molar-refractivity contribution in [3.63, 3.8) is 0 Å². The molecule has 3 N–H and O–H groups in total. The summed E-state index contributed by atoms with van der Waals surface area (Å²) in [6, 6.07) is 18.3. The Labute approximate surface area is 111 Å². The normalized spacial score (nSPS) is 10.7. The molecule has 19 heavy (non-hydrogen) atoms. The molecule has 1 heterocycles. The van der Waals surface area contributed by atoms with Gasteiger partial charge in [-0.3, -0.25) is 5.41 Å². The van der Waals surface area contributed by atoms with E-state index in [9.17, 15) is 0 Å². The Morgan fingerprint density at radius 3 is 2.42 bits per heavy atom. The van der Waals surface area contributed by atoms with Crippen LogP contribution in [0.2, 0.25) is 0 Å². The standard InChI is InChI=1S/C16H15N3/c17-16(18)14-11-19(10-12-6-2-1-3-7-12)15-9-5-4-8-13(14)15/h1-9,11H,10H2,(H3,17,18). The number of nitrogen functional groups attached to an aromatic ring is 1. The van der Waals surface area contributed by atoms with Gasteiger partial charge >= 0.3 is 0 Å². The number of hydrogen-bond acceptors (Lipinski definition) is 1.